The SMILES string of the molecule is CC(C)CCCNC(=O)CC1NC(=O)C(CCCNC(C)C)NC1=O. The van der Waals surface area contributed by atoms with E-state index in [1.54, 1.807) is 0 Å². The average molecular weight is 354 g/mol. The smallest absolute Gasteiger partial charge is 0.243 e. The second kappa shape index (κ2) is 11.1. The first-order valence-corrected chi connectivity index (χ1v) is 9.40. The Morgan fingerprint density at radius 2 is 1.64 bits per heavy atom. The lowest BCUT2D eigenvalue weighted by molar-refractivity contribution is -0.138. The van der Waals surface area contributed by atoms with Crippen LogP contribution in [0.1, 0.15) is 59.8 Å². The molecule has 3 amide bonds. The van der Waals surface area contributed by atoms with E-state index < -0.39 is 12.1 Å². The molecule has 1 rings (SSSR count). The standard InChI is InChI=1S/C18H34N4O3/c1-12(2)7-5-10-20-16(23)11-15-18(25)21-14(17(24)22-15)8-6-9-19-13(3)4/h12-15,19H,5-11H2,1-4H3,(H,20,23)(H,21,25)(H,22,24). The van der Waals surface area contributed by atoms with Crippen LogP contribution >= 0.6 is 0 Å². The molecule has 144 valence electrons. The number of nitrogens with one attached hydrogen (secondary N) is 4. The van der Waals surface area contributed by atoms with Gasteiger partial charge in [-0.15, -0.1) is 0 Å². The highest BCUT2D eigenvalue weighted by atomic mass is 16.2. The quantitative estimate of drug-likeness (QED) is 0.410. The van der Waals surface area contributed by atoms with Crippen LogP contribution < -0.4 is 21.3 Å². The molecule has 1 heterocycles. The van der Waals surface area contributed by atoms with Crippen LogP contribution in [0.2, 0.25) is 0 Å². The molecular formula is C18H34N4O3. The third-order valence-electron chi connectivity index (χ3n) is 4.16. The molecule has 0 saturated carbocycles. The van der Waals surface area contributed by atoms with Crippen molar-refractivity contribution < 1.29 is 14.4 Å². The van der Waals surface area contributed by atoms with E-state index in [1.807, 2.05) is 0 Å². The Labute approximate surface area is 151 Å². The largest absolute Gasteiger partial charge is 0.356 e. The van der Waals surface area contributed by atoms with E-state index in [0.29, 0.717) is 24.9 Å². The van der Waals surface area contributed by atoms with Crippen molar-refractivity contribution in [3.63, 3.8) is 0 Å². The summed E-state index contributed by atoms with van der Waals surface area (Å²) in [6.07, 6.45) is 3.34. The van der Waals surface area contributed by atoms with Crippen molar-refractivity contribution >= 4 is 17.7 Å². The molecule has 0 aromatic carbocycles. The fourth-order valence-corrected chi connectivity index (χ4v) is 2.72. The van der Waals surface area contributed by atoms with Crippen LogP contribution in [0.5, 0.6) is 0 Å². The highest BCUT2D eigenvalue weighted by Gasteiger charge is 2.34. The number of amides is 3. The van der Waals surface area contributed by atoms with Gasteiger partial charge >= 0.3 is 0 Å². The van der Waals surface area contributed by atoms with E-state index in [1.165, 1.54) is 0 Å². The summed E-state index contributed by atoms with van der Waals surface area (Å²) < 4.78 is 0. The van der Waals surface area contributed by atoms with E-state index in [4.69, 9.17) is 0 Å². The normalized spacial score (nSPS) is 20.6. The highest BCUT2D eigenvalue weighted by Crippen LogP contribution is 2.07. The third-order valence-corrected chi connectivity index (χ3v) is 4.16. The Bertz CT molecular complexity index is 452. The predicted octanol–water partition coefficient (Wildman–Crippen LogP) is 0.690. The minimum Gasteiger partial charge on any atom is -0.356 e. The maximum Gasteiger partial charge on any atom is 0.243 e. The zero-order valence-electron chi connectivity index (χ0n) is 16.0. The number of piperazine rings is 1. The van der Waals surface area contributed by atoms with Crippen LogP contribution in [-0.2, 0) is 14.4 Å². The summed E-state index contributed by atoms with van der Waals surface area (Å²) in [5.74, 6) is -0.0859. The van der Waals surface area contributed by atoms with Crippen molar-refractivity contribution in [2.75, 3.05) is 13.1 Å². The second-order valence-electron chi connectivity index (χ2n) is 7.46. The topological polar surface area (TPSA) is 99.3 Å². The summed E-state index contributed by atoms with van der Waals surface area (Å²) in [7, 11) is 0. The Balaban J connectivity index is 2.29. The molecule has 1 saturated heterocycles. The molecule has 7 heteroatoms. The van der Waals surface area contributed by atoms with Crippen molar-refractivity contribution in [3.05, 3.63) is 0 Å². The zero-order valence-corrected chi connectivity index (χ0v) is 16.0. The van der Waals surface area contributed by atoms with Gasteiger partial charge in [-0.1, -0.05) is 27.7 Å². The van der Waals surface area contributed by atoms with E-state index >= 15 is 0 Å². The van der Waals surface area contributed by atoms with Crippen LogP contribution in [0, 0.1) is 5.92 Å². The molecule has 1 fully saturated rings. The fraction of sp³-hybridized carbons (Fsp3) is 0.833. The lowest BCUT2D eigenvalue weighted by Gasteiger charge is -2.29. The molecule has 0 bridgehead atoms. The Kier molecular flexibility index (Phi) is 9.49. The van der Waals surface area contributed by atoms with E-state index in [0.717, 1.165) is 25.8 Å². The van der Waals surface area contributed by atoms with Crippen LogP contribution in [0.3, 0.4) is 0 Å². The molecule has 0 spiro atoms. The first kappa shape index (κ1) is 21.4. The van der Waals surface area contributed by atoms with Gasteiger partial charge in [0.05, 0.1) is 6.42 Å². The van der Waals surface area contributed by atoms with Gasteiger partial charge in [-0.05, 0) is 38.1 Å². The summed E-state index contributed by atoms with van der Waals surface area (Å²) in [6, 6.07) is -0.882. The van der Waals surface area contributed by atoms with Crippen molar-refractivity contribution in [3.8, 4) is 0 Å². The second-order valence-corrected chi connectivity index (χ2v) is 7.46. The summed E-state index contributed by atoms with van der Waals surface area (Å²) in [5.41, 5.74) is 0. The number of hydrogen-bond donors (Lipinski definition) is 4. The Morgan fingerprint density at radius 3 is 2.28 bits per heavy atom. The highest BCUT2D eigenvalue weighted by molar-refractivity contribution is 5.99. The summed E-state index contributed by atoms with van der Waals surface area (Å²) in [4.78, 5) is 36.2. The van der Waals surface area contributed by atoms with Gasteiger partial charge in [0.15, 0.2) is 0 Å². The van der Waals surface area contributed by atoms with Gasteiger partial charge in [-0.3, -0.25) is 14.4 Å². The van der Waals surface area contributed by atoms with Crippen LogP contribution in [0.4, 0.5) is 0 Å². The fourth-order valence-electron chi connectivity index (χ4n) is 2.72. The van der Waals surface area contributed by atoms with Crippen molar-refractivity contribution in [1.82, 2.24) is 21.3 Å². The molecule has 0 aromatic rings. The van der Waals surface area contributed by atoms with Crippen LogP contribution in [0.25, 0.3) is 0 Å². The summed E-state index contributed by atoms with van der Waals surface area (Å²) in [6.45, 7) is 9.81. The van der Waals surface area contributed by atoms with Crippen molar-refractivity contribution in [2.24, 2.45) is 5.92 Å². The maximum absolute atomic E-state index is 12.1. The number of carbonyl (C=O) groups is 3. The lowest BCUT2D eigenvalue weighted by Crippen LogP contribution is -2.62. The Morgan fingerprint density at radius 1 is 1.00 bits per heavy atom. The minimum absolute atomic E-state index is 0.0130. The monoisotopic (exact) mass is 354 g/mol. The van der Waals surface area contributed by atoms with Crippen LogP contribution in [0.15, 0.2) is 0 Å². The molecule has 1 aliphatic rings. The van der Waals surface area contributed by atoms with Gasteiger partial charge < -0.3 is 21.3 Å². The third kappa shape index (κ3) is 8.86. The van der Waals surface area contributed by atoms with Crippen molar-refractivity contribution in [2.45, 2.75) is 77.9 Å². The number of carbonyl (C=O) groups excluding carboxylic acids is 3. The molecule has 0 aliphatic carbocycles. The Hall–Kier alpha value is -1.63. The van der Waals surface area contributed by atoms with Gasteiger partial charge in [0, 0.05) is 12.6 Å². The average Bonchev–Trinajstić information content (AvgIpc) is 2.52. The molecule has 4 N–H and O–H groups in total. The van der Waals surface area contributed by atoms with Gasteiger partial charge in [0.2, 0.25) is 17.7 Å². The first-order chi connectivity index (χ1) is 11.8. The van der Waals surface area contributed by atoms with Gasteiger partial charge in [0.25, 0.3) is 0 Å². The van der Waals surface area contributed by atoms with Crippen molar-refractivity contribution in [1.29, 1.82) is 0 Å². The molecule has 7 nitrogen and oxygen atoms in total. The van der Waals surface area contributed by atoms with Gasteiger partial charge in [-0.25, -0.2) is 0 Å². The van der Waals surface area contributed by atoms with E-state index in [9.17, 15) is 14.4 Å². The van der Waals surface area contributed by atoms with Gasteiger partial charge in [-0.2, -0.15) is 0 Å². The van der Waals surface area contributed by atoms with E-state index in [2.05, 4.69) is 49.0 Å². The predicted molar refractivity (Wildman–Crippen MR) is 97.9 cm³/mol. The number of hydrogen-bond acceptors (Lipinski definition) is 4. The zero-order chi connectivity index (χ0) is 18.8. The summed E-state index contributed by atoms with van der Waals surface area (Å²) in [5, 5.41) is 11.5. The van der Waals surface area contributed by atoms with E-state index in [-0.39, 0.29) is 24.1 Å². The molecule has 0 radical (unpaired) electrons. The molecular weight excluding hydrogens is 320 g/mol. The molecule has 2 atom stereocenters. The molecule has 2 unspecified atom stereocenters. The molecule has 1 aliphatic heterocycles. The number of rotatable bonds is 11. The maximum atomic E-state index is 12.1. The minimum atomic E-state index is -0.775. The first-order valence-electron chi connectivity index (χ1n) is 9.40. The van der Waals surface area contributed by atoms with Crippen LogP contribution in [-0.4, -0.2) is 48.9 Å². The summed E-state index contributed by atoms with van der Waals surface area (Å²) >= 11 is 0. The van der Waals surface area contributed by atoms with Gasteiger partial charge in [0.1, 0.15) is 12.1 Å². The molecule has 25 heavy (non-hydrogen) atoms. The molecule has 0 aromatic heterocycles. The lowest BCUT2D eigenvalue weighted by atomic mass is 10.0.